The summed E-state index contributed by atoms with van der Waals surface area (Å²) in [7, 11) is 0. The number of nitrogens with zero attached hydrogens (tertiary/aromatic N) is 3. The molecule has 0 bridgehead atoms. The van der Waals surface area contributed by atoms with E-state index in [-0.39, 0.29) is 11.9 Å². The van der Waals surface area contributed by atoms with E-state index in [0.29, 0.717) is 13.1 Å². The molecule has 0 radical (unpaired) electrons. The summed E-state index contributed by atoms with van der Waals surface area (Å²) in [5, 5.41) is 10.6. The number of carbonyl (C=O) groups is 1. The highest BCUT2D eigenvalue weighted by Gasteiger charge is 2.33. The predicted molar refractivity (Wildman–Crippen MR) is 115 cm³/mol. The van der Waals surface area contributed by atoms with E-state index < -0.39 is 0 Å². The van der Waals surface area contributed by atoms with E-state index in [1.165, 1.54) is 15.3 Å². The van der Waals surface area contributed by atoms with E-state index in [2.05, 4.69) is 51.1 Å². The number of thiophene rings is 2. The number of carbonyl (C=O) groups excluding carboxylic acids is 1. The Morgan fingerprint density at radius 2 is 1.89 bits per heavy atom. The molecule has 3 aromatic rings. The second-order valence-corrected chi connectivity index (χ2v) is 9.10. The highest BCUT2D eigenvalue weighted by molar-refractivity contribution is 7.10. The first kappa shape index (κ1) is 17.8. The number of hydrazone groups is 1. The zero-order valence-corrected chi connectivity index (χ0v) is 17.1. The van der Waals surface area contributed by atoms with Gasteiger partial charge >= 0.3 is 0 Å². The maximum Gasteiger partial charge on any atom is 0.256 e. The van der Waals surface area contributed by atoms with Crippen molar-refractivity contribution in [3.8, 4) is 0 Å². The summed E-state index contributed by atoms with van der Waals surface area (Å²) in [6.07, 6.45) is 1.83. The third-order valence-corrected chi connectivity index (χ3v) is 7.33. The molecule has 0 saturated heterocycles. The van der Waals surface area contributed by atoms with Gasteiger partial charge < -0.3 is 0 Å². The number of fused-ring (bicyclic) bond motifs is 1. The second kappa shape index (κ2) is 7.62. The molecule has 5 rings (SSSR count). The van der Waals surface area contributed by atoms with Crippen molar-refractivity contribution in [2.24, 2.45) is 5.10 Å². The van der Waals surface area contributed by atoms with Crippen molar-refractivity contribution >= 4 is 34.3 Å². The molecular formula is C22H21N3OS2. The number of rotatable bonds is 4. The lowest BCUT2D eigenvalue weighted by Crippen LogP contribution is -2.42. The maximum atomic E-state index is 13.0. The molecule has 4 heterocycles. The lowest BCUT2D eigenvalue weighted by Gasteiger charge is -2.35. The van der Waals surface area contributed by atoms with Crippen molar-refractivity contribution in [3.63, 3.8) is 0 Å². The molecule has 142 valence electrons. The summed E-state index contributed by atoms with van der Waals surface area (Å²) in [6, 6.07) is 16.8. The Balaban J connectivity index is 1.35. The van der Waals surface area contributed by atoms with E-state index in [1.54, 1.807) is 16.3 Å². The largest absolute Gasteiger partial charge is 0.282 e. The minimum Gasteiger partial charge on any atom is -0.282 e. The molecule has 1 aromatic carbocycles. The van der Waals surface area contributed by atoms with Gasteiger partial charge in [-0.05, 0) is 40.4 Å². The second-order valence-electron chi connectivity index (χ2n) is 7.12. The molecule has 28 heavy (non-hydrogen) atoms. The molecule has 0 saturated carbocycles. The van der Waals surface area contributed by atoms with Gasteiger partial charge in [0, 0.05) is 22.7 Å². The van der Waals surface area contributed by atoms with Crippen molar-refractivity contribution < 1.29 is 4.79 Å². The van der Waals surface area contributed by atoms with Crippen LogP contribution < -0.4 is 0 Å². The van der Waals surface area contributed by atoms with Crippen LogP contribution in [0.4, 0.5) is 0 Å². The Morgan fingerprint density at radius 3 is 2.71 bits per heavy atom. The van der Waals surface area contributed by atoms with Gasteiger partial charge in [0.15, 0.2) is 0 Å². The molecule has 2 aromatic heterocycles. The minimum absolute atomic E-state index is 0.0890. The van der Waals surface area contributed by atoms with Gasteiger partial charge in [-0.25, -0.2) is 5.01 Å². The smallest absolute Gasteiger partial charge is 0.256 e. The van der Waals surface area contributed by atoms with Crippen LogP contribution in [0.1, 0.15) is 33.3 Å². The van der Waals surface area contributed by atoms with Crippen molar-refractivity contribution in [1.29, 1.82) is 0 Å². The SMILES string of the molecule is O=C(CN1CCc2sccc2C1c1cccs1)N1CCC(c2ccccc2)=N1. The monoisotopic (exact) mass is 407 g/mol. The number of benzene rings is 1. The quantitative estimate of drug-likeness (QED) is 0.643. The van der Waals surface area contributed by atoms with Gasteiger partial charge in [-0.1, -0.05) is 36.4 Å². The van der Waals surface area contributed by atoms with Gasteiger partial charge in [0.2, 0.25) is 0 Å². The molecule has 1 atom stereocenters. The fourth-order valence-electron chi connectivity index (χ4n) is 4.04. The van der Waals surface area contributed by atoms with Gasteiger partial charge in [0.05, 0.1) is 24.8 Å². The van der Waals surface area contributed by atoms with Crippen LogP contribution in [-0.2, 0) is 11.2 Å². The lowest BCUT2D eigenvalue weighted by atomic mass is 9.98. The first-order valence-electron chi connectivity index (χ1n) is 9.56. The summed E-state index contributed by atoms with van der Waals surface area (Å²) in [5.41, 5.74) is 3.47. The van der Waals surface area contributed by atoms with Crippen LogP contribution in [0.2, 0.25) is 0 Å². The third-order valence-electron chi connectivity index (χ3n) is 5.41. The topological polar surface area (TPSA) is 35.9 Å². The summed E-state index contributed by atoms with van der Waals surface area (Å²) >= 11 is 3.60. The van der Waals surface area contributed by atoms with E-state index in [4.69, 9.17) is 0 Å². The Hall–Kier alpha value is -2.28. The number of hydrogen-bond donors (Lipinski definition) is 0. The van der Waals surface area contributed by atoms with Gasteiger partial charge in [-0.3, -0.25) is 9.69 Å². The fraction of sp³-hybridized carbons (Fsp3) is 0.273. The molecule has 2 aliphatic heterocycles. The highest BCUT2D eigenvalue weighted by atomic mass is 32.1. The molecule has 0 spiro atoms. The van der Waals surface area contributed by atoms with E-state index in [9.17, 15) is 4.79 Å². The molecule has 0 aliphatic carbocycles. The summed E-state index contributed by atoms with van der Waals surface area (Å²) in [4.78, 5) is 18.1. The Bertz CT molecular complexity index is 994. The summed E-state index contributed by atoms with van der Waals surface area (Å²) in [6.45, 7) is 1.98. The Kier molecular flexibility index (Phi) is 4.84. The average Bonchev–Trinajstić information content (AvgIpc) is 3.49. The van der Waals surface area contributed by atoms with E-state index in [0.717, 1.165) is 30.7 Å². The van der Waals surface area contributed by atoms with Crippen LogP contribution >= 0.6 is 22.7 Å². The van der Waals surface area contributed by atoms with Gasteiger partial charge in [0.1, 0.15) is 0 Å². The molecule has 4 nitrogen and oxygen atoms in total. The first-order valence-corrected chi connectivity index (χ1v) is 11.3. The highest BCUT2D eigenvalue weighted by Crippen LogP contribution is 2.39. The molecule has 1 unspecified atom stereocenters. The van der Waals surface area contributed by atoms with Crippen LogP contribution in [-0.4, -0.2) is 41.2 Å². The molecular weight excluding hydrogens is 386 g/mol. The van der Waals surface area contributed by atoms with Crippen molar-refractivity contribution in [3.05, 3.63) is 80.2 Å². The number of amides is 1. The van der Waals surface area contributed by atoms with Gasteiger partial charge in [-0.15, -0.1) is 22.7 Å². The number of hydrogen-bond acceptors (Lipinski definition) is 5. The summed E-state index contributed by atoms with van der Waals surface area (Å²) < 4.78 is 0. The normalized spacial score (nSPS) is 19.5. The Labute approximate surface area is 172 Å². The first-order chi connectivity index (χ1) is 13.8. The molecule has 2 aliphatic rings. The van der Waals surface area contributed by atoms with E-state index >= 15 is 0 Å². The van der Waals surface area contributed by atoms with Crippen LogP contribution in [0.5, 0.6) is 0 Å². The standard InChI is InChI=1S/C22H21N3OS2/c26-21(25-12-8-18(23-25)16-5-2-1-3-6-16)15-24-11-9-19-17(10-14-28-19)22(24)20-7-4-13-27-20/h1-7,10,13-14,22H,8-9,11-12,15H2. The Morgan fingerprint density at radius 1 is 1.00 bits per heavy atom. The summed E-state index contributed by atoms with van der Waals surface area (Å²) in [5.74, 6) is 0.0890. The van der Waals surface area contributed by atoms with Crippen LogP contribution in [0, 0.1) is 0 Å². The third kappa shape index (κ3) is 3.32. The fourth-order valence-corrected chi connectivity index (χ4v) is 5.82. The lowest BCUT2D eigenvalue weighted by molar-refractivity contribution is -0.132. The molecule has 6 heteroatoms. The zero-order chi connectivity index (χ0) is 18.9. The van der Waals surface area contributed by atoms with Crippen LogP contribution in [0.15, 0.2) is 64.4 Å². The predicted octanol–water partition coefficient (Wildman–Crippen LogP) is 4.39. The van der Waals surface area contributed by atoms with E-state index in [1.807, 2.05) is 29.5 Å². The maximum absolute atomic E-state index is 13.0. The minimum atomic E-state index is 0.0890. The van der Waals surface area contributed by atoms with Crippen molar-refractivity contribution in [2.45, 2.75) is 18.9 Å². The molecule has 0 N–H and O–H groups in total. The van der Waals surface area contributed by atoms with Crippen LogP contribution in [0.25, 0.3) is 0 Å². The van der Waals surface area contributed by atoms with Crippen molar-refractivity contribution in [1.82, 2.24) is 9.91 Å². The average molecular weight is 408 g/mol. The molecule has 0 fully saturated rings. The van der Waals surface area contributed by atoms with Crippen LogP contribution in [0.3, 0.4) is 0 Å². The van der Waals surface area contributed by atoms with Crippen molar-refractivity contribution in [2.75, 3.05) is 19.6 Å². The van der Waals surface area contributed by atoms with Gasteiger partial charge in [-0.2, -0.15) is 5.10 Å². The van der Waals surface area contributed by atoms with Gasteiger partial charge in [0.25, 0.3) is 5.91 Å². The molecule has 1 amide bonds. The zero-order valence-electron chi connectivity index (χ0n) is 15.5.